The Morgan fingerprint density at radius 2 is 1.75 bits per heavy atom. The minimum Gasteiger partial charge on any atom is -0.481 e. The molecule has 0 aromatic heterocycles. The lowest BCUT2D eigenvalue weighted by Gasteiger charge is -2.24. The minimum absolute atomic E-state index is 0.116. The van der Waals surface area contributed by atoms with E-state index in [4.69, 9.17) is 4.74 Å². The molecule has 1 aromatic rings. The van der Waals surface area contributed by atoms with Crippen molar-refractivity contribution in [3.05, 3.63) is 29.3 Å². The summed E-state index contributed by atoms with van der Waals surface area (Å²) in [5.74, 6) is 0.897. The molecule has 0 N–H and O–H groups in total. The summed E-state index contributed by atoms with van der Waals surface area (Å²) in [6.07, 6.45) is 4.28. The summed E-state index contributed by atoms with van der Waals surface area (Å²) in [6, 6.07) is 5.98. The van der Waals surface area contributed by atoms with Crippen molar-refractivity contribution < 1.29 is 9.53 Å². The summed E-state index contributed by atoms with van der Waals surface area (Å²) in [5, 5.41) is 0. The van der Waals surface area contributed by atoms with Gasteiger partial charge in [0.2, 0.25) is 0 Å². The van der Waals surface area contributed by atoms with Crippen LogP contribution >= 0.6 is 0 Å². The van der Waals surface area contributed by atoms with E-state index < -0.39 is 6.10 Å². The monoisotopic (exact) mass is 275 g/mol. The van der Waals surface area contributed by atoms with Crippen LogP contribution in [0.2, 0.25) is 0 Å². The molecule has 0 bridgehead atoms. The van der Waals surface area contributed by atoms with Crippen molar-refractivity contribution in [3.63, 3.8) is 0 Å². The molecular formula is C17H25NO2. The molecule has 1 aliphatic heterocycles. The van der Waals surface area contributed by atoms with E-state index in [1.807, 2.05) is 30.0 Å². The number of carbonyl (C=O) groups excluding carboxylic acids is 1. The lowest BCUT2D eigenvalue weighted by atomic mass is 10.1. The normalized spacial score (nSPS) is 17.4. The first kappa shape index (κ1) is 14.9. The highest BCUT2D eigenvalue weighted by atomic mass is 16.5. The van der Waals surface area contributed by atoms with Crippen LogP contribution in [0.15, 0.2) is 18.2 Å². The third-order valence-corrected chi connectivity index (χ3v) is 4.06. The molecule has 1 fully saturated rings. The standard InChI is InChI=1S/C17H25NO2/c1-13-8-9-16(12-14(13)2)20-15(3)17(19)18-10-6-4-5-7-11-18/h8-9,12,15H,4-7,10-11H2,1-3H3/t15-/m1/s1. The first-order valence-corrected chi connectivity index (χ1v) is 7.60. The maximum Gasteiger partial charge on any atom is 0.263 e. The third kappa shape index (κ3) is 3.75. The molecule has 1 aliphatic rings. The largest absolute Gasteiger partial charge is 0.481 e. The number of amides is 1. The zero-order valence-electron chi connectivity index (χ0n) is 12.8. The lowest BCUT2D eigenvalue weighted by Crippen LogP contribution is -2.41. The number of likely N-dealkylation sites (tertiary alicyclic amines) is 1. The first-order chi connectivity index (χ1) is 9.58. The predicted molar refractivity (Wildman–Crippen MR) is 81.1 cm³/mol. The summed E-state index contributed by atoms with van der Waals surface area (Å²) in [5.41, 5.74) is 2.43. The van der Waals surface area contributed by atoms with Crippen LogP contribution in [0.4, 0.5) is 0 Å². The summed E-state index contributed by atoms with van der Waals surface area (Å²) < 4.78 is 5.81. The zero-order valence-corrected chi connectivity index (χ0v) is 12.8. The molecule has 0 spiro atoms. The van der Waals surface area contributed by atoms with Gasteiger partial charge in [0.25, 0.3) is 5.91 Å². The van der Waals surface area contributed by atoms with Crippen molar-refractivity contribution >= 4 is 5.91 Å². The summed E-state index contributed by atoms with van der Waals surface area (Å²) in [7, 11) is 0. The molecule has 3 heteroatoms. The van der Waals surface area contributed by atoms with E-state index in [0.29, 0.717) is 0 Å². The Morgan fingerprint density at radius 1 is 1.10 bits per heavy atom. The third-order valence-electron chi connectivity index (χ3n) is 4.06. The van der Waals surface area contributed by atoms with Crippen molar-refractivity contribution in [2.24, 2.45) is 0 Å². The maximum absolute atomic E-state index is 12.4. The Kier molecular flexibility index (Phi) is 5.05. The molecule has 0 aliphatic carbocycles. The van der Waals surface area contributed by atoms with Gasteiger partial charge in [0.05, 0.1) is 0 Å². The number of benzene rings is 1. The second-order valence-electron chi connectivity index (χ2n) is 5.75. The van der Waals surface area contributed by atoms with Crippen LogP contribution in [0.5, 0.6) is 5.75 Å². The van der Waals surface area contributed by atoms with Crippen molar-refractivity contribution in [1.29, 1.82) is 0 Å². The number of hydrogen-bond donors (Lipinski definition) is 0. The quantitative estimate of drug-likeness (QED) is 0.845. The van der Waals surface area contributed by atoms with Crippen LogP contribution < -0.4 is 4.74 Å². The molecule has 0 saturated carbocycles. The average Bonchev–Trinajstić information content (AvgIpc) is 2.71. The van der Waals surface area contributed by atoms with Gasteiger partial charge in [-0.05, 0) is 56.9 Å². The molecule has 0 unspecified atom stereocenters. The highest BCUT2D eigenvalue weighted by Crippen LogP contribution is 2.19. The molecular weight excluding hydrogens is 250 g/mol. The van der Waals surface area contributed by atoms with Crippen LogP contribution in [0.25, 0.3) is 0 Å². The van der Waals surface area contributed by atoms with E-state index in [1.54, 1.807) is 0 Å². The molecule has 20 heavy (non-hydrogen) atoms. The van der Waals surface area contributed by atoms with E-state index in [9.17, 15) is 4.79 Å². The van der Waals surface area contributed by atoms with E-state index >= 15 is 0 Å². The highest BCUT2D eigenvalue weighted by Gasteiger charge is 2.22. The second kappa shape index (κ2) is 6.78. The number of nitrogens with zero attached hydrogens (tertiary/aromatic N) is 1. The fraction of sp³-hybridized carbons (Fsp3) is 0.588. The van der Waals surface area contributed by atoms with E-state index in [-0.39, 0.29) is 5.91 Å². The molecule has 1 heterocycles. The lowest BCUT2D eigenvalue weighted by molar-refractivity contribution is -0.137. The fourth-order valence-electron chi connectivity index (χ4n) is 2.59. The van der Waals surface area contributed by atoms with Gasteiger partial charge in [0.15, 0.2) is 6.10 Å². The molecule has 1 aromatic carbocycles. The van der Waals surface area contributed by atoms with Gasteiger partial charge < -0.3 is 9.64 Å². The van der Waals surface area contributed by atoms with E-state index in [1.165, 1.54) is 24.0 Å². The number of rotatable bonds is 3. The molecule has 1 saturated heterocycles. The summed E-state index contributed by atoms with van der Waals surface area (Å²) in [6.45, 7) is 7.73. The van der Waals surface area contributed by atoms with Gasteiger partial charge in [-0.1, -0.05) is 18.9 Å². The summed E-state index contributed by atoms with van der Waals surface area (Å²) >= 11 is 0. The molecule has 1 amide bonds. The Balaban J connectivity index is 1.97. The van der Waals surface area contributed by atoms with Crippen molar-refractivity contribution in [3.8, 4) is 5.75 Å². The van der Waals surface area contributed by atoms with E-state index in [2.05, 4.69) is 13.8 Å². The van der Waals surface area contributed by atoms with Crippen LogP contribution in [0, 0.1) is 13.8 Å². The predicted octanol–water partition coefficient (Wildman–Crippen LogP) is 3.47. The second-order valence-corrected chi connectivity index (χ2v) is 5.75. The number of aryl methyl sites for hydroxylation is 2. The average molecular weight is 275 g/mol. The van der Waals surface area contributed by atoms with Gasteiger partial charge in [0, 0.05) is 13.1 Å². The topological polar surface area (TPSA) is 29.5 Å². The van der Waals surface area contributed by atoms with Crippen LogP contribution in [-0.4, -0.2) is 30.0 Å². The molecule has 110 valence electrons. The fourth-order valence-corrected chi connectivity index (χ4v) is 2.59. The Bertz CT molecular complexity index is 462. The van der Waals surface area contributed by atoms with Crippen LogP contribution in [-0.2, 0) is 4.79 Å². The number of hydrogen-bond acceptors (Lipinski definition) is 2. The van der Waals surface area contributed by atoms with Gasteiger partial charge in [-0.25, -0.2) is 0 Å². The van der Waals surface area contributed by atoms with Gasteiger partial charge in [0.1, 0.15) is 5.75 Å². The van der Waals surface area contributed by atoms with Gasteiger partial charge >= 0.3 is 0 Å². The maximum atomic E-state index is 12.4. The molecule has 0 radical (unpaired) electrons. The summed E-state index contributed by atoms with van der Waals surface area (Å²) in [4.78, 5) is 14.4. The Labute approximate surface area is 121 Å². The zero-order chi connectivity index (χ0) is 14.5. The van der Waals surface area contributed by atoms with Crippen LogP contribution in [0.3, 0.4) is 0 Å². The van der Waals surface area contributed by atoms with Crippen LogP contribution in [0.1, 0.15) is 43.7 Å². The number of carbonyl (C=O) groups is 1. The van der Waals surface area contributed by atoms with Crippen molar-refractivity contribution in [1.82, 2.24) is 4.90 Å². The smallest absolute Gasteiger partial charge is 0.263 e. The minimum atomic E-state index is -0.407. The molecule has 2 rings (SSSR count). The molecule has 3 nitrogen and oxygen atoms in total. The number of ether oxygens (including phenoxy) is 1. The molecule has 1 atom stereocenters. The van der Waals surface area contributed by atoms with Gasteiger partial charge in [-0.2, -0.15) is 0 Å². The Hall–Kier alpha value is -1.51. The Morgan fingerprint density at radius 3 is 2.35 bits per heavy atom. The van der Waals surface area contributed by atoms with Crippen molar-refractivity contribution in [2.75, 3.05) is 13.1 Å². The van der Waals surface area contributed by atoms with Crippen molar-refractivity contribution in [2.45, 2.75) is 52.6 Å². The van der Waals surface area contributed by atoms with E-state index in [0.717, 1.165) is 31.7 Å². The van der Waals surface area contributed by atoms with Gasteiger partial charge in [-0.15, -0.1) is 0 Å². The first-order valence-electron chi connectivity index (χ1n) is 7.60. The van der Waals surface area contributed by atoms with Gasteiger partial charge in [-0.3, -0.25) is 4.79 Å². The highest BCUT2D eigenvalue weighted by molar-refractivity contribution is 5.80. The SMILES string of the molecule is Cc1ccc(O[C@H](C)C(=O)N2CCCCCC2)cc1C.